The van der Waals surface area contributed by atoms with Crippen molar-refractivity contribution in [3.05, 3.63) is 63.4 Å². The summed E-state index contributed by atoms with van der Waals surface area (Å²) in [6.07, 6.45) is -0.509. The maximum atomic E-state index is 13.6. The second kappa shape index (κ2) is 6.37. The van der Waals surface area contributed by atoms with Gasteiger partial charge in [0.15, 0.2) is 0 Å². The number of hydrogen-bond donors (Lipinski definition) is 1. The average Bonchev–Trinajstić information content (AvgIpc) is 2.40. The van der Waals surface area contributed by atoms with Crippen LogP contribution in [-0.4, -0.2) is 5.11 Å². The monoisotopic (exact) mass is 338 g/mol. The molecule has 4 heteroatoms. The molecule has 2 rings (SSSR count). The van der Waals surface area contributed by atoms with E-state index < -0.39 is 6.10 Å². The van der Waals surface area contributed by atoms with E-state index in [9.17, 15) is 9.50 Å². The Morgan fingerprint density at radius 1 is 1.25 bits per heavy atom. The predicted octanol–water partition coefficient (Wildman–Crippen LogP) is 4.53. The lowest BCUT2D eigenvalue weighted by molar-refractivity contribution is 0.199. The minimum atomic E-state index is -0.509. The highest BCUT2D eigenvalue weighted by atomic mass is 79.9. The van der Waals surface area contributed by atoms with Crippen LogP contribution >= 0.6 is 15.9 Å². The third-order valence-corrected chi connectivity index (χ3v) is 3.57. The van der Waals surface area contributed by atoms with Crippen LogP contribution in [0.25, 0.3) is 0 Å². The Labute approximate surface area is 126 Å². The van der Waals surface area contributed by atoms with E-state index in [-0.39, 0.29) is 12.4 Å². The van der Waals surface area contributed by atoms with E-state index in [0.29, 0.717) is 11.3 Å². The van der Waals surface area contributed by atoms with Gasteiger partial charge >= 0.3 is 0 Å². The van der Waals surface area contributed by atoms with Gasteiger partial charge in [-0.15, -0.1) is 0 Å². The minimum absolute atomic E-state index is 0.167. The maximum absolute atomic E-state index is 13.6. The van der Waals surface area contributed by atoms with Crippen LogP contribution in [0.2, 0.25) is 0 Å². The normalized spacial score (nSPS) is 12.2. The lowest BCUT2D eigenvalue weighted by Crippen LogP contribution is -2.01. The van der Waals surface area contributed by atoms with Crippen LogP contribution in [0.5, 0.6) is 5.75 Å². The first-order chi connectivity index (χ1) is 9.47. The molecule has 1 atom stereocenters. The summed E-state index contributed by atoms with van der Waals surface area (Å²) in [7, 11) is 0. The fraction of sp³-hybridized carbons (Fsp3) is 0.250. The van der Waals surface area contributed by atoms with Crippen LogP contribution in [0.15, 0.2) is 40.9 Å². The van der Waals surface area contributed by atoms with Gasteiger partial charge in [-0.1, -0.05) is 22.0 Å². The fourth-order valence-corrected chi connectivity index (χ4v) is 2.31. The lowest BCUT2D eigenvalue weighted by Gasteiger charge is -2.12. The number of ether oxygens (including phenoxy) is 1. The summed E-state index contributed by atoms with van der Waals surface area (Å²) in [6, 6.07) is 10.2. The van der Waals surface area contributed by atoms with Crippen molar-refractivity contribution >= 4 is 15.9 Å². The van der Waals surface area contributed by atoms with Crippen molar-refractivity contribution in [1.82, 2.24) is 0 Å². The van der Waals surface area contributed by atoms with Crippen LogP contribution in [0.1, 0.15) is 29.7 Å². The zero-order chi connectivity index (χ0) is 14.7. The average molecular weight is 339 g/mol. The van der Waals surface area contributed by atoms with Gasteiger partial charge in [0.25, 0.3) is 0 Å². The Morgan fingerprint density at radius 2 is 2.00 bits per heavy atom. The van der Waals surface area contributed by atoms with E-state index in [1.165, 1.54) is 6.07 Å². The Kier molecular flexibility index (Phi) is 4.78. The van der Waals surface area contributed by atoms with Gasteiger partial charge in [0.05, 0.1) is 6.10 Å². The van der Waals surface area contributed by atoms with E-state index >= 15 is 0 Å². The van der Waals surface area contributed by atoms with Crippen molar-refractivity contribution in [2.24, 2.45) is 0 Å². The van der Waals surface area contributed by atoms with Crippen LogP contribution in [0.3, 0.4) is 0 Å². The largest absolute Gasteiger partial charge is 0.489 e. The summed E-state index contributed by atoms with van der Waals surface area (Å²) in [5.74, 6) is 0.403. The molecule has 0 bridgehead atoms. The Balaban J connectivity index is 2.13. The third kappa shape index (κ3) is 3.58. The molecule has 0 spiro atoms. The minimum Gasteiger partial charge on any atom is -0.489 e. The highest BCUT2D eigenvalue weighted by Crippen LogP contribution is 2.24. The molecule has 0 heterocycles. The second-order valence-electron chi connectivity index (χ2n) is 4.73. The van der Waals surface area contributed by atoms with Gasteiger partial charge in [-0.3, -0.25) is 0 Å². The number of aliphatic hydroxyl groups is 1. The number of aryl methyl sites for hydroxylation is 1. The second-order valence-corrected chi connectivity index (χ2v) is 5.64. The predicted molar refractivity (Wildman–Crippen MR) is 80.2 cm³/mol. The summed E-state index contributed by atoms with van der Waals surface area (Å²) < 4.78 is 20.1. The Hall–Kier alpha value is -1.39. The molecule has 0 radical (unpaired) electrons. The first-order valence-corrected chi connectivity index (χ1v) is 7.12. The van der Waals surface area contributed by atoms with Gasteiger partial charge in [-0.05, 0) is 55.3 Å². The molecule has 106 valence electrons. The first kappa shape index (κ1) is 15.0. The van der Waals surface area contributed by atoms with Gasteiger partial charge < -0.3 is 9.84 Å². The first-order valence-electron chi connectivity index (χ1n) is 6.32. The van der Waals surface area contributed by atoms with Gasteiger partial charge in [-0.25, -0.2) is 4.39 Å². The molecular formula is C16H16BrFO2. The number of aliphatic hydroxyl groups excluding tert-OH is 1. The highest BCUT2D eigenvalue weighted by Gasteiger charge is 2.07. The maximum Gasteiger partial charge on any atom is 0.129 e. The van der Waals surface area contributed by atoms with Gasteiger partial charge in [-0.2, -0.15) is 0 Å². The topological polar surface area (TPSA) is 29.5 Å². The summed E-state index contributed by atoms with van der Waals surface area (Å²) in [4.78, 5) is 0. The van der Waals surface area contributed by atoms with Crippen molar-refractivity contribution in [1.29, 1.82) is 0 Å². The smallest absolute Gasteiger partial charge is 0.129 e. The van der Waals surface area contributed by atoms with Crippen LogP contribution in [0, 0.1) is 12.7 Å². The zero-order valence-electron chi connectivity index (χ0n) is 11.4. The number of rotatable bonds is 4. The summed E-state index contributed by atoms with van der Waals surface area (Å²) in [5.41, 5.74) is 2.25. The molecule has 1 unspecified atom stereocenters. The molecule has 0 aromatic heterocycles. The van der Waals surface area contributed by atoms with E-state index in [4.69, 9.17) is 4.74 Å². The molecule has 2 nitrogen and oxygen atoms in total. The van der Waals surface area contributed by atoms with Crippen molar-refractivity contribution < 1.29 is 14.2 Å². The summed E-state index contributed by atoms with van der Waals surface area (Å²) in [6.45, 7) is 3.78. The quantitative estimate of drug-likeness (QED) is 0.887. The molecule has 0 fully saturated rings. The summed E-state index contributed by atoms with van der Waals surface area (Å²) in [5, 5.41) is 9.52. The van der Waals surface area contributed by atoms with E-state index in [0.717, 1.165) is 15.6 Å². The third-order valence-electron chi connectivity index (χ3n) is 3.07. The number of halogens is 2. The lowest BCUT2D eigenvalue weighted by atomic mass is 10.1. The van der Waals surface area contributed by atoms with Crippen LogP contribution in [0.4, 0.5) is 4.39 Å². The Bertz CT molecular complexity index is 611. The molecule has 2 aromatic rings. The standard InChI is InChI=1S/C16H16BrFO2/c1-10-7-12(11(2)19)3-6-16(10)20-9-13-8-14(17)4-5-15(13)18/h3-8,11,19H,9H2,1-2H3. The molecule has 0 amide bonds. The SMILES string of the molecule is Cc1cc(C(C)O)ccc1OCc1cc(Br)ccc1F. The fourth-order valence-electron chi connectivity index (χ4n) is 1.90. The summed E-state index contributed by atoms with van der Waals surface area (Å²) >= 11 is 3.31. The molecule has 0 aliphatic carbocycles. The molecule has 0 aliphatic heterocycles. The van der Waals surface area contributed by atoms with Crippen molar-refractivity contribution in [2.45, 2.75) is 26.6 Å². The van der Waals surface area contributed by atoms with E-state index in [1.54, 1.807) is 25.1 Å². The Morgan fingerprint density at radius 3 is 2.65 bits per heavy atom. The molecule has 20 heavy (non-hydrogen) atoms. The molecule has 0 aliphatic rings. The van der Waals surface area contributed by atoms with Crippen molar-refractivity contribution in [3.8, 4) is 5.75 Å². The van der Waals surface area contributed by atoms with E-state index in [1.807, 2.05) is 19.1 Å². The van der Waals surface area contributed by atoms with Gasteiger partial charge in [0.2, 0.25) is 0 Å². The van der Waals surface area contributed by atoms with Gasteiger partial charge in [0, 0.05) is 10.0 Å². The zero-order valence-corrected chi connectivity index (χ0v) is 12.9. The van der Waals surface area contributed by atoms with Crippen molar-refractivity contribution in [3.63, 3.8) is 0 Å². The van der Waals surface area contributed by atoms with Crippen LogP contribution < -0.4 is 4.74 Å². The number of hydrogen-bond acceptors (Lipinski definition) is 2. The van der Waals surface area contributed by atoms with Crippen molar-refractivity contribution in [2.75, 3.05) is 0 Å². The molecule has 2 aromatic carbocycles. The van der Waals surface area contributed by atoms with Crippen LogP contribution in [-0.2, 0) is 6.61 Å². The molecular weight excluding hydrogens is 323 g/mol. The highest BCUT2D eigenvalue weighted by molar-refractivity contribution is 9.10. The van der Waals surface area contributed by atoms with E-state index in [2.05, 4.69) is 15.9 Å². The molecule has 0 saturated carbocycles. The van der Waals surface area contributed by atoms with Gasteiger partial charge in [0.1, 0.15) is 18.2 Å². The molecule has 1 N–H and O–H groups in total. The molecule has 0 saturated heterocycles. The number of benzene rings is 2.